The molecule has 0 aliphatic rings. The van der Waals surface area contributed by atoms with Crippen molar-refractivity contribution in [1.29, 1.82) is 0 Å². The summed E-state index contributed by atoms with van der Waals surface area (Å²) in [5.74, 6) is 1.08. The van der Waals surface area contributed by atoms with Gasteiger partial charge in [-0.1, -0.05) is 42.5 Å². The van der Waals surface area contributed by atoms with Crippen LogP contribution in [0.2, 0.25) is 0 Å². The minimum absolute atomic E-state index is 0.214. The Bertz CT molecular complexity index is 829. The molecule has 0 bridgehead atoms. The first kappa shape index (κ1) is 16.6. The Morgan fingerprint density at radius 1 is 0.880 bits per heavy atom. The van der Waals surface area contributed by atoms with Gasteiger partial charge in [0.25, 0.3) is 5.91 Å². The summed E-state index contributed by atoms with van der Waals surface area (Å²) in [5, 5.41) is 2.87. The number of carbonyl (C=O) groups excluding carboxylic acids is 1. The molecular formula is C21H19NO3. The minimum Gasteiger partial charge on any atom is -0.497 e. The summed E-state index contributed by atoms with van der Waals surface area (Å²) in [6, 6.07) is 24.3. The highest BCUT2D eigenvalue weighted by atomic mass is 16.5. The monoisotopic (exact) mass is 333 g/mol. The van der Waals surface area contributed by atoms with Gasteiger partial charge in [-0.2, -0.15) is 0 Å². The van der Waals surface area contributed by atoms with Gasteiger partial charge in [0.2, 0.25) is 0 Å². The molecule has 0 saturated carbocycles. The predicted octanol–water partition coefficient (Wildman–Crippen LogP) is 4.53. The van der Waals surface area contributed by atoms with Crippen molar-refractivity contribution in [1.82, 2.24) is 0 Å². The van der Waals surface area contributed by atoms with Crippen LogP contribution in [0.5, 0.6) is 11.5 Å². The van der Waals surface area contributed by atoms with Gasteiger partial charge >= 0.3 is 0 Å². The zero-order valence-corrected chi connectivity index (χ0v) is 13.9. The smallest absolute Gasteiger partial charge is 0.259 e. The number of hydrogen-bond donors (Lipinski definition) is 1. The molecule has 25 heavy (non-hydrogen) atoms. The van der Waals surface area contributed by atoms with Crippen LogP contribution in [-0.2, 0) is 6.61 Å². The lowest BCUT2D eigenvalue weighted by atomic mass is 10.1. The Hall–Kier alpha value is -3.27. The van der Waals surface area contributed by atoms with Crippen molar-refractivity contribution in [2.75, 3.05) is 12.4 Å². The Labute approximate surface area is 147 Å². The first-order chi connectivity index (χ1) is 12.3. The summed E-state index contributed by atoms with van der Waals surface area (Å²) >= 11 is 0. The maximum Gasteiger partial charge on any atom is 0.259 e. The Morgan fingerprint density at radius 3 is 2.28 bits per heavy atom. The number of rotatable bonds is 6. The van der Waals surface area contributed by atoms with Crippen LogP contribution in [0.15, 0.2) is 78.9 Å². The third-order valence-corrected chi connectivity index (χ3v) is 3.72. The summed E-state index contributed by atoms with van der Waals surface area (Å²) < 4.78 is 11.0. The number of benzene rings is 3. The van der Waals surface area contributed by atoms with Gasteiger partial charge in [-0.25, -0.2) is 0 Å². The predicted molar refractivity (Wildman–Crippen MR) is 98.2 cm³/mol. The van der Waals surface area contributed by atoms with Crippen LogP contribution >= 0.6 is 0 Å². The first-order valence-corrected chi connectivity index (χ1v) is 7.97. The van der Waals surface area contributed by atoms with Gasteiger partial charge in [0.05, 0.1) is 12.7 Å². The van der Waals surface area contributed by atoms with E-state index in [2.05, 4.69) is 5.32 Å². The molecule has 1 amide bonds. The van der Waals surface area contributed by atoms with Crippen LogP contribution < -0.4 is 14.8 Å². The lowest BCUT2D eigenvalue weighted by Crippen LogP contribution is -2.13. The zero-order valence-electron chi connectivity index (χ0n) is 13.9. The molecule has 0 aromatic heterocycles. The topological polar surface area (TPSA) is 47.6 Å². The van der Waals surface area contributed by atoms with Crippen molar-refractivity contribution < 1.29 is 14.3 Å². The first-order valence-electron chi connectivity index (χ1n) is 7.97. The summed E-state index contributed by atoms with van der Waals surface area (Å²) in [6.07, 6.45) is 0. The number of ether oxygens (including phenoxy) is 2. The molecule has 3 rings (SSSR count). The summed E-state index contributed by atoms with van der Waals surface area (Å²) in [7, 11) is 1.61. The number of para-hydroxylation sites is 1. The molecule has 4 nitrogen and oxygen atoms in total. The van der Waals surface area contributed by atoms with Gasteiger partial charge in [0.1, 0.15) is 18.1 Å². The Kier molecular flexibility index (Phi) is 5.32. The molecule has 0 aliphatic heterocycles. The van der Waals surface area contributed by atoms with Gasteiger partial charge in [0, 0.05) is 5.69 Å². The maximum absolute atomic E-state index is 12.6. The third-order valence-electron chi connectivity index (χ3n) is 3.72. The average Bonchev–Trinajstić information content (AvgIpc) is 2.68. The fraction of sp³-hybridized carbons (Fsp3) is 0.0952. The summed E-state index contributed by atoms with van der Waals surface area (Å²) in [5.41, 5.74) is 2.24. The normalized spacial score (nSPS) is 10.1. The molecule has 0 saturated heterocycles. The van der Waals surface area contributed by atoms with Gasteiger partial charge in [-0.3, -0.25) is 4.79 Å². The quantitative estimate of drug-likeness (QED) is 0.721. The molecule has 0 atom stereocenters. The van der Waals surface area contributed by atoms with Crippen molar-refractivity contribution in [3.05, 3.63) is 90.0 Å². The van der Waals surface area contributed by atoms with E-state index in [9.17, 15) is 4.79 Å². The van der Waals surface area contributed by atoms with Crippen LogP contribution in [0.1, 0.15) is 15.9 Å². The van der Waals surface area contributed by atoms with E-state index in [4.69, 9.17) is 9.47 Å². The highest BCUT2D eigenvalue weighted by Crippen LogP contribution is 2.22. The van der Waals surface area contributed by atoms with E-state index < -0.39 is 0 Å². The molecule has 3 aromatic rings. The number of nitrogens with one attached hydrogen (secondary N) is 1. The van der Waals surface area contributed by atoms with E-state index in [-0.39, 0.29) is 5.91 Å². The molecule has 0 unspecified atom stereocenters. The van der Waals surface area contributed by atoms with Crippen LogP contribution in [0.4, 0.5) is 5.69 Å². The molecular weight excluding hydrogens is 314 g/mol. The molecule has 0 fully saturated rings. The second-order valence-corrected chi connectivity index (χ2v) is 5.45. The van der Waals surface area contributed by atoms with Gasteiger partial charge in [0.15, 0.2) is 0 Å². The van der Waals surface area contributed by atoms with Crippen LogP contribution in [-0.4, -0.2) is 13.0 Å². The fourth-order valence-corrected chi connectivity index (χ4v) is 2.39. The largest absolute Gasteiger partial charge is 0.497 e. The minimum atomic E-state index is -0.214. The van der Waals surface area contributed by atoms with Crippen molar-refractivity contribution >= 4 is 11.6 Å². The van der Waals surface area contributed by atoms with E-state index in [1.54, 1.807) is 43.5 Å². The number of methoxy groups -OCH3 is 1. The Morgan fingerprint density at radius 2 is 1.56 bits per heavy atom. The standard InChI is InChI=1S/C21H19NO3/c1-24-18-13-11-17(12-14-18)22-21(23)19-9-5-6-10-20(19)25-15-16-7-3-2-4-8-16/h2-14H,15H2,1H3,(H,22,23). The second kappa shape index (κ2) is 8.02. The maximum atomic E-state index is 12.6. The van der Waals surface area contributed by atoms with Crippen molar-refractivity contribution in [3.8, 4) is 11.5 Å². The number of carbonyl (C=O) groups is 1. The van der Waals surface area contributed by atoms with Crippen molar-refractivity contribution in [3.63, 3.8) is 0 Å². The molecule has 4 heteroatoms. The molecule has 0 heterocycles. The molecule has 0 radical (unpaired) electrons. The van der Waals surface area contributed by atoms with Crippen LogP contribution in [0.3, 0.4) is 0 Å². The van der Waals surface area contributed by atoms with E-state index in [1.807, 2.05) is 42.5 Å². The molecule has 0 spiro atoms. The second-order valence-electron chi connectivity index (χ2n) is 5.45. The van der Waals surface area contributed by atoms with E-state index >= 15 is 0 Å². The molecule has 3 aromatic carbocycles. The van der Waals surface area contributed by atoms with Crippen LogP contribution in [0.25, 0.3) is 0 Å². The van der Waals surface area contributed by atoms with Crippen molar-refractivity contribution in [2.24, 2.45) is 0 Å². The van der Waals surface area contributed by atoms with Gasteiger partial charge in [-0.15, -0.1) is 0 Å². The summed E-state index contributed by atoms with van der Waals surface area (Å²) in [6.45, 7) is 0.410. The van der Waals surface area contributed by atoms with Gasteiger partial charge < -0.3 is 14.8 Å². The summed E-state index contributed by atoms with van der Waals surface area (Å²) in [4.78, 5) is 12.6. The lowest BCUT2D eigenvalue weighted by Gasteiger charge is -2.12. The van der Waals surface area contributed by atoms with E-state index in [1.165, 1.54) is 0 Å². The highest BCUT2D eigenvalue weighted by Gasteiger charge is 2.12. The number of amides is 1. The van der Waals surface area contributed by atoms with Crippen LogP contribution in [0, 0.1) is 0 Å². The highest BCUT2D eigenvalue weighted by molar-refractivity contribution is 6.06. The van der Waals surface area contributed by atoms with Crippen molar-refractivity contribution in [2.45, 2.75) is 6.61 Å². The fourth-order valence-electron chi connectivity index (χ4n) is 2.39. The Balaban J connectivity index is 1.71. The molecule has 0 aliphatic carbocycles. The molecule has 1 N–H and O–H groups in total. The zero-order chi connectivity index (χ0) is 17.5. The van der Waals surface area contributed by atoms with Gasteiger partial charge in [-0.05, 0) is 42.0 Å². The lowest BCUT2D eigenvalue weighted by molar-refractivity contribution is 0.102. The van der Waals surface area contributed by atoms with E-state index in [0.717, 1.165) is 11.3 Å². The number of hydrogen-bond acceptors (Lipinski definition) is 3. The number of anilines is 1. The van der Waals surface area contributed by atoms with E-state index in [0.29, 0.717) is 23.6 Å². The SMILES string of the molecule is COc1ccc(NC(=O)c2ccccc2OCc2ccccc2)cc1. The molecule has 126 valence electrons. The average molecular weight is 333 g/mol. The third kappa shape index (κ3) is 4.38.